The quantitative estimate of drug-likeness (QED) is 0.286. The van der Waals surface area contributed by atoms with Crippen LogP contribution in [0.3, 0.4) is 0 Å². The van der Waals surface area contributed by atoms with Gasteiger partial charge in [0.2, 0.25) is 0 Å². The van der Waals surface area contributed by atoms with E-state index in [1.807, 2.05) is 26.1 Å². The molecule has 4 aromatic rings. The van der Waals surface area contributed by atoms with Crippen molar-refractivity contribution in [3.63, 3.8) is 0 Å². The number of carbonyl (C=O) groups excluding carboxylic acids is 1. The van der Waals surface area contributed by atoms with Gasteiger partial charge in [-0.2, -0.15) is 13.2 Å². The van der Waals surface area contributed by atoms with Crippen LogP contribution < -0.4 is 20.7 Å². The predicted octanol–water partition coefficient (Wildman–Crippen LogP) is 6.07. The van der Waals surface area contributed by atoms with Gasteiger partial charge in [-0.05, 0) is 66.6 Å². The number of benzene rings is 2. The molecule has 38 heavy (non-hydrogen) atoms. The first-order chi connectivity index (χ1) is 18.2. The fraction of sp³-hybridized carbons (Fsp3) is 0.286. The molecule has 1 aliphatic rings. The monoisotopic (exact) mass is 523 g/mol. The lowest BCUT2D eigenvalue weighted by molar-refractivity contribution is -0.137. The molecular weight excluding hydrogens is 495 g/mol. The van der Waals surface area contributed by atoms with E-state index < -0.39 is 17.8 Å². The van der Waals surface area contributed by atoms with E-state index in [1.54, 1.807) is 36.7 Å². The molecule has 198 valence electrons. The third-order valence-corrected chi connectivity index (χ3v) is 6.37. The summed E-state index contributed by atoms with van der Waals surface area (Å²) < 4.78 is 48.0. The second kappa shape index (κ2) is 10.5. The second-order valence-electron chi connectivity index (χ2n) is 9.59. The number of rotatable bonds is 6. The maximum absolute atomic E-state index is 13.5. The number of aromatic nitrogens is 2. The lowest BCUT2D eigenvalue weighted by Gasteiger charge is -2.19. The summed E-state index contributed by atoms with van der Waals surface area (Å²) in [7, 11) is 0. The fourth-order valence-corrected chi connectivity index (χ4v) is 4.49. The van der Waals surface area contributed by atoms with Gasteiger partial charge in [-0.1, -0.05) is 13.8 Å². The van der Waals surface area contributed by atoms with Crippen LogP contribution in [0.4, 0.5) is 23.7 Å². The molecule has 0 saturated carbocycles. The molecule has 2 aromatic carbocycles. The van der Waals surface area contributed by atoms with Crippen molar-refractivity contribution in [1.29, 1.82) is 0 Å². The van der Waals surface area contributed by atoms with E-state index in [2.05, 4.69) is 20.9 Å². The maximum Gasteiger partial charge on any atom is 0.416 e. The molecule has 0 aliphatic carbocycles. The highest BCUT2D eigenvalue weighted by Gasteiger charge is 2.31. The summed E-state index contributed by atoms with van der Waals surface area (Å²) in [5.74, 6) is 1.30. The molecule has 0 saturated heterocycles. The Morgan fingerprint density at radius 1 is 1.16 bits per heavy atom. The number of pyridine rings is 1. The van der Waals surface area contributed by atoms with E-state index in [4.69, 9.17) is 4.74 Å². The summed E-state index contributed by atoms with van der Waals surface area (Å²) >= 11 is 0. The molecule has 0 radical (unpaired) electrons. The number of ether oxygens (including phenoxy) is 1. The van der Waals surface area contributed by atoms with Gasteiger partial charge in [0.15, 0.2) is 0 Å². The third-order valence-electron chi connectivity index (χ3n) is 6.37. The van der Waals surface area contributed by atoms with Gasteiger partial charge < -0.3 is 20.7 Å². The predicted molar refractivity (Wildman–Crippen MR) is 139 cm³/mol. The number of halogens is 3. The minimum atomic E-state index is -4.53. The van der Waals surface area contributed by atoms with Crippen molar-refractivity contribution in [2.24, 2.45) is 0 Å². The Morgan fingerprint density at radius 3 is 2.79 bits per heavy atom. The topological polar surface area (TPSA) is 80.2 Å². The van der Waals surface area contributed by atoms with Crippen molar-refractivity contribution in [2.75, 3.05) is 11.9 Å². The number of anilines is 1. The SMILES string of the molecule is CC(C)NCc1cc(NC(=O)n2ccc3cc(Oc4cncc5c4CCNC5)ccc32)cc(C(F)(F)F)c1. The molecule has 10 heteroatoms. The van der Waals surface area contributed by atoms with E-state index >= 15 is 0 Å². The minimum absolute atomic E-state index is 0.0722. The zero-order valence-corrected chi connectivity index (χ0v) is 21.0. The van der Waals surface area contributed by atoms with Crippen LogP contribution in [0.5, 0.6) is 11.5 Å². The van der Waals surface area contributed by atoms with Crippen molar-refractivity contribution in [2.45, 2.75) is 45.6 Å². The van der Waals surface area contributed by atoms with Crippen LogP contribution in [0, 0.1) is 0 Å². The average Bonchev–Trinajstić information content (AvgIpc) is 3.30. The number of carbonyl (C=O) groups is 1. The Bertz CT molecular complexity index is 1480. The van der Waals surface area contributed by atoms with E-state index in [9.17, 15) is 18.0 Å². The van der Waals surface area contributed by atoms with Crippen molar-refractivity contribution in [3.8, 4) is 11.5 Å². The molecule has 0 unspecified atom stereocenters. The van der Waals surface area contributed by atoms with Gasteiger partial charge in [0, 0.05) is 48.2 Å². The van der Waals surface area contributed by atoms with Gasteiger partial charge in [-0.25, -0.2) is 4.79 Å². The van der Waals surface area contributed by atoms with Crippen molar-refractivity contribution < 1.29 is 22.7 Å². The van der Waals surface area contributed by atoms with Crippen LogP contribution in [0.25, 0.3) is 10.9 Å². The molecule has 0 atom stereocenters. The summed E-state index contributed by atoms with van der Waals surface area (Å²) in [6, 6.07) is 10.2. The minimum Gasteiger partial charge on any atom is -0.455 e. The smallest absolute Gasteiger partial charge is 0.416 e. The fourth-order valence-electron chi connectivity index (χ4n) is 4.49. The normalized spacial score (nSPS) is 13.5. The zero-order chi connectivity index (χ0) is 26.9. The Hall–Kier alpha value is -3.89. The number of fused-ring (bicyclic) bond motifs is 2. The zero-order valence-electron chi connectivity index (χ0n) is 21.0. The summed E-state index contributed by atoms with van der Waals surface area (Å²) in [4.78, 5) is 17.3. The van der Waals surface area contributed by atoms with E-state index in [-0.39, 0.29) is 18.3 Å². The van der Waals surface area contributed by atoms with Crippen LogP contribution in [0.1, 0.15) is 36.1 Å². The standard InChI is InChI=1S/C28H28F3N5O2/c1-17(2)34-13-18-9-21(28(29,30)31)12-22(10-18)35-27(37)36-8-6-19-11-23(3-4-25(19)36)38-26-16-33-15-20-14-32-7-5-24(20)26/h3-4,6,8-12,15-17,32,34H,5,7,13-14H2,1-2H3,(H,35,37). The number of nitrogens with zero attached hydrogens (tertiary/aromatic N) is 2. The average molecular weight is 524 g/mol. The summed E-state index contributed by atoms with van der Waals surface area (Å²) in [5, 5.41) is 9.79. The highest BCUT2D eigenvalue weighted by Crippen LogP contribution is 2.33. The lowest BCUT2D eigenvalue weighted by Crippen LogP contribution is -2.24. The first-order valence-corrected chi connectivity index (χ1v) is 12.4. The van der Waals surface area contributed by atoms with E-state index in [1.165, 1.54) is 4.57 Å². The van der Waals surface area contributed by atoms with E-state index in [0.29, 0.717) is 22.6 Å². The number of alkyl halides is 3. The largest absolute Gasteiger partial charge is 0.455 e. The number of hydrogen-bond acceptors (Lipinski definition) is 5. The molecule has 3 heterocycles. The summed E-state index contributed by atoms with van der Waals surface area (Å²) in [6.45, 7) is 5.68. The van der Waals surface area contributed by atoms with Crippen LogP contribution in [-0.2, 0) is 25.7 Å². The third kappa shape index (κ3) is 5.66. The van der Waals surface area contributed by atoms with Crippen LogP contribution >= 0.6 is 0 Å². The molecule has 2 aromatic heterocycles. The van der Waals surface area contributed by atoms with Crippen molar-refractivity contribution in [3.05, 3.63) is 83.3 Å². The Labute approximate surface area is 218 Å². The molecule has 0 bridgehead atoms. The van der Waals surface area contributed by atoms with Crippen LogP contribution in [-0.4, -0.2) is 28.2 Å². The van der Waals surface area contributed by atoms with Gasteiger partial charge in [0.05, 0.1) is 17.3 Å². The highest BCUT2D eigenvalue weighted by molar-refractivity contribution is 5.98. The number of hydrogen-bond donors (Lipinski definition) is 3. The first kappa shape index (κ1) is 25.7. The number of nitrogens with one attached hydrogen (secondary N) is 3. The molecule has 0 fully saturated rings. The molecule has 1 aliphatic heterocycles. The van der Waals surface area contributed by atoms with Crippen LogP contribution in [0.2, 0.25) is 0 Å². The van der Waals surface area contributed by atoms with Crippen LogP contribution in [0.15, 0.2) is 61.1 Å². The first-order valence-electron chi connectivity index (χ1n) is 12.4. The Morgan fingerprint density at radius 2 is 2.00 bits per heavy atom. The summed E-state index contributed by atoms with van der Waals surface area (Å²) in [5.41, 5.74) is 2.51. The van der Waals surface area contributed by atoms with Gasteiger partial charge in [-0.15, -0.1) is 0 Å². The Balaban J connectivity index is 1.37. The van der Waals surface area contributed by atoms with Gasteiger partial charge in [-0.3, -0.25) is 9.55 Å². The molecule has 1 amide bonds. The molecule has 3 N–H and O–H groups in total. The maximum atomic E-state index is 13.5. The van der Waals surface area contributed by atoms with Gasteiger partial charge >= 0.3 is 12.2 Å². The highest BCUT2D eigenvalue weighted by atomic mass is 19.4. The van der Waals surface area contributed by atoms with Gasteiger partial charge in [0.25, 0.3) is 0 Å². The molecule has 7 nitrogen and oxygen atoms in total. The van der Waals surface area contributed by atoms with Gasteiger partial charge in [0.1, 0.15) is 11.5 Å². The second-order valence-corrected chi connectivity index (χ2v) is 9.59. The lowest BCUT2D eigenvalue weighted by atomic mass is 10.0. The Kier molecular flexibility index (Phi) is 7.09. The van der Waals surface area contributed by atoms with E-state index in [0.717, 1.165) is 48.2 Å². The molecule has 5 rings (SSSR count). The van der Waals surface area contributed by atoms with Crippen molar-refractivity contribution in [1.82, 2.24) is 20.2 Å². The molecule has 0 spiro atoms. The number of amides is 1. The molecular formula is C28H28F3N5O2. The van der Waals surface area contributed by atoms with Crippen molar-refractivity contribution >= 4 is 22.6 Å². The summed E-state index contributed by atoms with van der Waals surface area (Å²) in [6.07, 6.45) is 1.43.